The molecule has 0 aliphatic carbocycles. The van der Waals surface area contributed by atoms with E-state index in [1.54, 1.807) is 103 Å². The number of carbonyl (C=O) groups is 5. The first-order chi connectivity index (χ1) is 56.2. The van der Waals surface area contributed by atoms with E-state index in [1.165, 1.54) is 35.4 Å². The fraction of sp³-hybridized carbons (Fsp3) is 0.330. The molecule has 16 rings (SSSR count). The van der Waals surface area contributed by atoms with E-state index in [-0.39, 0.29) is 90.0 Å². The van der Waals surface area contributed by atoms with Gasteiger partial charge in [-0.15, -0.1) is 12.4 Å². The van der Waals surface area contributed by atoms with Crippen LogP contribution in [0.2, 0.25) is 0 Å². The SMILES string of the molecule is Cc1ccc2c(c1)Nc1c(cnn1C)CN2.Cc1ccc2c(c1)Nc1c(cnn1C)CN2C(=O)c1ccc(CN)c(F)c1.Cc1ccc2c(c1)Nc1c(cnn1C)CN2C(=O)c1ccc(CNC(=O)N2CCN(CCC(C)(C)C)CC2)c(F)c1.Cc1ccc2c(c1)Nc1c(cnn1C)CN2C(=O)c1ccc(CNC(=O)OC(C)(C)C)c(F)c1.Cl. The number of carbonyl (C=O) groups excluding carboxylic acids is 5. The van der Waals surface area contributed by atoms with Crippen molar-refractivity contribution in [1.29, 1.82) is 0 Å². The van der Waals surface area contributed by atoms with Gasteiger partial charge in [-0.3, -0.25) is 38.0 Å². The lowest BCUT2D eigenvalue weighted by Crippen LogP contribution is -2.52. The van der Waals surface area contributed by atoms with Crippen molar-refractivity contribution in [2.75, 3.05) is 74.0 Å². The van der Waals surface area contributed by atoms with E-state index in [4.69, 9.17) is 10.5 Å². The molecule has 1 fully saturated rings. The second kappa shape index (κ2) is 36.1. The van der Waals surface area contributed by atoms with E-state index >= 15 is 4.39 Å². The Bertz CT molecular complexity index is 5620. The Labute approximate surface area is 696 Å². The maximum atomic E-state index is 15.2. The van der Waals surface area contributed by atoms with Crippen LogP contribution in [0.15, 0.2) is 152 Å². The third-order valence-corrected chi connectivity index (χ3v) is 21.0. The molecule has 0 bridgehead atoms. The third kappa shape index (κ3) is 20.1. The average Bonchev–Trinajstić information content (AvgIpc) is 1.66. The topological polar surface area (TPSA) is 292 Å². The molecular weight excluding hydrogens is 1540 g/mol. The summed E-state index contributed by atoms with van der Waals surface area (Å²) < 4.78 is 56.5. The Balaban J connectivity index is 0.000000151. The van der Waals surface area contributed by atoms with Crippen LogP contribution >= 0.6 is 12.4 Å². The average molecular weight is 1640 g/mol. The summed E-state index contributed by atoms with van der Waals surface area (Å²) in [6.07, 6.45) is 7.56. The number of benzene rings is 7. The van der Waals surface area contributed by atoms with E-state index in [0.29, 0.717) is 48.7 Å². The van der Waals surface area contributed by atoms with E-state index in [9.17, 15) is 32.8 Å². The largest absolute Gasteiger partial charge is 0.444 e. The summed E-state index contributed by atoms with van der Waals surface area (Å²) in [5.41, 5.74) is 21.8. The minimum Gasteiger partial charge on any atom is -0.444 e. The van der Waals surface area contributed by atoms with Gasteiger partial charge >= 0.3 is 12.1 Å². The van der Waals surface area contributed by atoms with Crippen molar-refractivity contribution >= 4 is 111 Å². The number of hydrogen-bond acceptors (Lipinski definition) is 17. The molecule has 624 valence electrons. The highest BCUT2D eigenvalue weighted by molar-refractivity contribution is 6.10. The highest BCUT2D eigenvalue weighted by Crippen LogP contribution is 2.42. The summed E-state index contributed by atoms with van der Waals surface area (Å²) in [6.45, 7) is 25.8. The van der Waals surface area contributed by atoms with Gasteiger partial charge in [-0.1, -0.05) is 63.2 Å². The molecule has 6 amide bonds. The number of amides is 6. The summed E-state index contributed by atoms with van der Waals surface area (Å²) in [6, 6.07) is 36.8. The third-order valence-electron chi connectivity index (χ3n) is 21.0. The number of nitrogens with zero attached hydrogens (tertiary/aromatic N) is 13. The maximum absolute atomic E-state index is 15.2. The number of ether oxygens (including phenoxy) is 1. The number of aryl methyl sites for hydroxylation is 8. The Morgan fingerprint density at radius 3 is 1.20 bits per heavy atom. The summed E-state index contributed by atoms with van der Waals surface area (Å²) in [5, 5.41) is 39.5. The van der Waals surface area contributed by atoms with Crippen LogP contribution in [0.25, 0.3) is 0 Å². The number of alkyl carbamates (subject to hydrolysis) is 1. The van der Waals surface area contributed by atoms with Crippen LogP contribution in [-0.2, 0) is 78.7 Å². The highest BCUT2D eigenvalue weighted by atomic mass is 35.5. The number of halogens is 4. The second-order valence-electron chi connectivity index (χ2n) is 32.5. The predicted molar refractivity (Wildman–Crippen MR) is 461 cm³/mol. The lowest BCUT2D eigenvalue weighted by molar-refractivity contribution is 0.0522. The Kier molecular flexibility index (Phi) is 26.0. The number of fused-ring (bicyclic) bond motifs is 8. The van der Waals surface area contributed by atoms with Crippen molar-refractivity contribution in [1.82, 2.24) is 59.6 Å². The van der Waals surface area contributed by atoms with Crippen molar-refractivity contribution in [3.05, 3.63) is 248 Å². The normalized spacial score (nSPS) is 13.7. The minimum absolute atomic E-state index is 0. The van der Waals surface area contributed by atoms with E-state index in [2.05, 4.69) is 108 Å². The number of anilines is 12. The van der Waals surface area contributed by atoms with Gasteiger partial charge in [-0.2, -0.15) is 20.4 Å². The molecule has 7 aromatic carbocycles. The van der Waals surface area contributed by atoms with Crippen LogP contribution in [-0.4, -0.2) is 117 Å². The van der Waals surface area contributed by atoms with Crippen LogP contribution < -0.4 is 57.7 Å². The van der Waals surface area contributed by atoms with Gasteiger partial charge in [0.2, 0.25) is 0 Å². The fourth-order valence-electron chi connectivity index (χ4n) is 14.3. The van der Waals surface area contributed by atoms with Crippen LogP contribution in [0.5, 0.6) is 0 Å². The van der Waals surface area contributed by atoms with Gasteiger partial charge in [0.05, 0.1) is 89.9 Å². The summed E-state index contributed by atoms with van der Waals surface area (Å²) in [7, 11) is 7.48. The van der Waals surface area contributed by atoms with Crippen molar-refractivity contribution < 1.29 is 41.9 Å². The molecule has 0 atom stereocenters. The lowest BCUT2D eigenvalue weighted by Gasteiger charge is -2.35. The van der Waals surface area contributed by atoms with Gasteiger partial charge in [0.15, 0.2) is 0 Å². The summed E-state index contributed by atoms with van der Waals surface area (Å²) >= 11 is 0. The standard InChI is InChI=1S/C31H40FN7O2.C25H28FN5O3.C20H20FN5O.C12H14N4.ClH/c1-21-6-9-27-26(16-21)35-28-24(19-34-36(28)5)20-39(27)29(40)22-7-8-23(25(32)17-22)18-33-30(41)38-14-12-37(13-15-38)11-10-31(2,3)4;1-15-6-9-21-20(10-15)29-22-18(13-28-30(22)5)14-31(21)23(32)16-7-8-17(19(26)11-16)12-27-24(33)34-25(2,3)4;1-12-3-6-18-17(7-12)24-19-15(10-23-25(19)2)11-26(18)20(27)13-4-5-14(9-22)16(21)8-13;1-8-3-4-10-11(5-8)15-12-9(6-13-10)7-14-16(12)2;/h6-9,16-17,19,35H,10-15,18,20H2,1-5H3,(H,33,41);6-11,13,29H,12,14H2,1-5H3,(H,27,33);3-8,10,24H,9,11,22H2,1-2H3;3-5,7,13,15H,6H2,1-2H3;1H. The molecule has 0 unspecified atom stereocenters. The number of urea groups is 1. The van der Waals surface area contributed by atoms with E-state index in [1.807, 2.05) is 114 Å². The molecule has 1 saturated heterocycles. The lowest BCUT2D eigenvalue weighted by atomic mass is 9.92. The zero-order valence-corrected chi connectivity index (χ0v) is 70.3. The fourth-order valence-corrected chi connectivity index (χ4v) is 14.3. The van der Waals surface area contributed by atoms with Gasteiger partial charge in [-0.25, -0.2) is 22.8 Å². The van der Waals surface area contributed by atoms with Crippen molar-refractivity contribution in [2.24, 2.45) is 39.3 Å². The zero-order valence-electron chi connectivity index (χ0n) is 69.5. The van der Waals surface area contributed by atoms with Crippen LogP contribution in [0.1, 0.15) is 140 Å². The predicted octanol–water partition coefficient (Wildman–Crippen LogP) is 15.9. The molecule has 9 N–H and O–H groups in total. The zero-order chi connectivity index (χ0) is 84.2. The first-order valence-electron chi connectivity index (χ1n) is 39.2. The Morgan fingerprint density at radius 2 is 0.815 bits per heavy atom. The molecule has 0 radical (unpaired) electrons. The van der Waals surface area contributed by atoms with Crippen molar-refractivity contribution in [3.8, 4) is 0 Å². The van der Waals surface area contributed by atoms with Crippen molar-refractivity contribution in [2.45, 2.75) is 127 Å². The molecule has 0 spiro atoms. The second-order valence-corrected chi connectivity index (χ2v) is 32.5. The van der Waals surface area contributed by atoms with Gasteiger partial charge < -0.3 is 67.3 Å². The van der Waals surface area contributed by atoms with E-state index in [0.717, 1.165) is 123 Å². The first-order valence-corrected chi connectivity index (χ1v) is 39.2. The number of rotatable bonds is 10. The van der Waals surface area contributed by atoms with Gasteiger partial charge in [0.25, 0.3) is 17.7 Å². The molecule has 27 nitrogen and oxygen atoms in total. The maximum Gasteiger partial charge on any atom is 0.407 e. The molecule has 9 heterocycles. The number of nitrogens with one attached hydrogen (secondary N) is 7. The van der Waals surface area contributed by atoms with Crippen LogP contribution in [0.4, 0.5) is 91.5 Å². The Hall–Kier alpha value is -12.7. The number of nitrogens with two attached hydrogens (primary N) is 1. The van der Waals surface area contributed by atoms with Gasteiger partial charge in [0, 0.05) is 136 Å². The molecule has 11 aromatic rings. The summed E-state index contributed by atoms with van der Waals surface area (Å²) in [4.78, 5) is 74.2. The molecule has 5 aliphatic rings. The Morgan fingerprint density at radius 1 is 0.454 bits per heavy atom. The molecule has 5 aliphatic heterocycles. The molecule has 0 saturated carbocycles. The highest BCUT2D eigenvalue weighted by Gasteiger charge is 2.33. The van der Waals surface area contributed by atoms with Crippen LogP contribution in [0.3, 0.4) is 0 Å². The molecule has 31 heteroatoms. The molecule has 119 heavy (non-hydrogen) atoms. The van der Waals surface area contributed by atoms with Crippen LogP contribution in [0, 0.1) is 50.6 Å². The first kappa shape index (κ1) is 85.7. The quantitative estimate of drug-likeness (QED) is 0.0631. The van der Waals surface area contributed by atoms with Gasteiger partial charge in [0.1, 0.15) is 46.3 Å². The number of hydrogen-bond donors (Lipinski definition) is 8. The number of aromatic nitrogens is 8. The number of piperazine rings is 1. The molecular formula is C88H103ClF3N21O6. The monoisotopic (exact) mass is 1640 g/mol. The van der Waals surface area contributed by atoms with E-state index < -0.39 is 29.1 Å². The minimum atomic E-state index is -0.649. The summed E-state index contributed by atoms with van der Waals surface area (Å²) in [5.74, 6) is 1.01. The van der Waals surface area contributed by atoms with Gasteiger partial charge in [-0.05, 0) is 174 Å². The van der Waals surface area contributed by atoms with Crippen molar-refractivity contribution in [3.63, 3.8) is 0 Å². The molecule has 4 aromatic heterocycles. The smallest absolute Gasteiger partial charge is 0.407 e.